The number of pyridine rings is 1. The first-order valence-electron chi connectivity index (χ1n) is 4.84. The van der Waals surface area contributed by atoms with Crippen LogP contribution in [0.4, 0.5) is 0 Å². The fourth-order valence-corrected chi connectivity index (χ4v) is 1.72. The van der Waals surface area contributed by atoms with Crippen LogP contribution < -0.4 is 4.73 Å². The summed E-state index contributed by atoms with van der Waals surface area (Å²) in [4.78, 5) is 11.7. The fourth-order valence-electron chi connectivity index (χ4n) is 1.29. The number of allylic oxidation sites excluding steroid dienone is 1. The van der Waals surface area contributed by atoms with Gasteiger partial charge in [0.2, 0.25) is 6.20 Å². The second-order valence-corrected chi connectivity index (χ2v) is 4.33. The Bertz CT molecular complexity index is 575. The number of halogens is 1. The van der Waals surface area contributed by atoms with Crippen molar-refractivity contribution >= 4 is 34.5 Å². The summed E-state index contributed by atoms with van der Waals surface area (Å²) in [5.41, 5.74) is 0.199. The Kier molecular flexibility index (Phi) is 3.58. The molecule has 0 aliphatic heterocycles. The number of rotatable bonds is 3. The molecule has 2 aromatic rings. The van der Waals surface area contributed by atoms with Crippen LogP contribution in [-0.4, -0.2) is 11.0 Å². The number of carbonyl (C=O) groups excluding carboxylic acids is 1. The minimum absolute atomic E-state index is 0.199. The van der Waals surface area contributed by atoms with Gasteiger partial charge in [-0.3, -0.25) is 10.0 Å². The van der Waals surface area contributed by atoms with E-state index in [-0.39, 0.29) is 11.5 Å². The van der Waals surface area contributed by atoms with Gasteiger partial charge in [-0.1, -0.05) is 0 Å². The van der Waals surface area contributed by atoms with Crippen LogP contribution in [0.2, 0.25) is 0 Å². The molecule has 0 unspecified atom stereocenters. The normalized spacial score (nSPS) is 10.9. The zero-order chi connectivity index (χ0) is 12.3. The molecule has 0 aromatic carbocycles. The number of furan rings is 1. The average molecular weight is 342 g/mol. The number of ketones is 1. The van der Waals surface area contributed by atoms with E-state index in [0.717, 1.165) is 8.50 Å². The Hall–Kier alpha value is -1.63. The highest BCUT2D eigenvalue weighted by atomic mass is 127. The monoisotopic (exact) mass is 342 g/mol. The fraction of sp³-hybridized carbons (Fsp3) is 0. The summed E-state index contributed by atoms with van der Waals surface area (Å²) in [6.07, 6.45) is 4.32. The Balaban J connectivity index is 2.17. The van der Waals surface area contributed by atoms with Crippen molar-refractivity contribution in [2.24, 2.45) is 0 Å². The van der Waals surface area contributed by atoms with E-state index in [1.165, 1.54) is 12.3 Å². The van der Waals surface area contributed by atoms with E-state index in [9.17, 15) is 10.0 Å². The molecule has 0 fully saturated rings. The van der Waals surface area contributed by atoms with E-state index in [4.69, 9.17) is 4.42 Å². The summed E-state index contributed by atoms with van der Waals surface area (Å²) in [5, 5.41) is 9.42. The molecule has 0 radical (unpaired) electrons. The summed E-state index contributed by atoms with van der Waals surface area (Å²) in [6.45, 7) is 0. The zero-order valence-electron chi connectivity index (χ0n) is 8.71. The summed E-state index contributed by atoms with van der Waals surface area (Å²) in [5.74, 6) is 0.308. The molecule has 2 heterocycles. The molecule has 17 heavy (non-hydrogen) atoms. The molecule has 0 amide bonds. The van der Waals surface area contributed by atoms with Gasteiger partial charge in [0, 0.05) is 16.9 Å². The van der Waals surface area contributed by atoms with E-state index in [0.29, 0.717) is 5.76 Å². The van der Waals surface area contributed by atoms with Crippen LogP contribution >= 0.6 is 22.6 Å². The van der Waals surface area contributed by atoms with Crippen molar-refractivity contribution < 1.29 is 19.1 Å². The molecule has 0 aliphatic rings. The second kappa shape index (κ2) is 5.13. The number of carbonyl (C=O) groups is 1. The van der Waals surface area contributed by atoms with Crippen LogP contribution in [0.3, 0.4) is 0 Å². The molecular weight excluding hydrogens is 333 g/mol. The number of hydrogen-bond donors (Lipinski definition) is 1. The van der Waals surface area contributed by atoms with Gasteiger partial charge in [0.1, 0.15) is 5.76 Å². The second-order valence-electron chi connectivity index (χ2n) is 3.27. The number of aromatic nitrogens is 1. The third-order valence-corrected chi connectivity index (χ3v) is 2.66. The maximum absolute atomic E-state index is 11.7. The van der Waals surface area contributed by atoms with Gasteiger partial charge < -0.3 is 4.42 Å². The van der Waals surface area contributed by atoms with Gasteiger partial charge in [-0.2, -0.15) is 0 Å². The highest BCUT2D eigenvalue weighted by Crippen LogP contribution is 2.11. The highest BCUT2D eigenvalue weighted by Gasteiger charge is 2.15. The van der Waals surface area contributed by atoms with Gasteiger partial charge in [0.25, 0.3) is 5.78 Å². The van der Waals surface area contributed by atoms with Crippen molar-refractivity contribution in [1.29, 1.82) is 0 Å². The topological polar surface area (TPSA) is 54.3 Å². The van der Waals surface area contributed by atoms with Crippen LogP contribution in [0.1, 0.15) is 16.2 Å². The van der Waals surface area contributed by atoms with E-state index in [2.05, 4.69) is 0 Å². The van der Waals surface area contributed by atoms with E-state index >= 15 is 0 Å². The zero-order valence-corrected chi connectivity index (χ0v) is 10.9. The Morgan fingerprint density at radius 2 is 2.18 bits per heavy atom. The minimum atomic E-state index is -0.292. The molecule has 0 bridgehead atoms. The standard InChI is InChI=1S/C12H9INO3/c13-12-7-5-9(17-12)4-6-11(15)10-3-1-2-8-14(10)16/h1-8,16H/q+1. The molecule has 0 aliphatic carbocycles. The third kappa shape index (κ3) is 2.94. The predicted octanol–water partition coefficient (Wildman–Crippen LogP) is 2.31. The average Bonchev–Trinajstić information content (AvgIpc) is 2.73. The highest BCUT2D eigenvalue weighted by molar-refractivity contribution is 14.1. The Morgan fingerprint density at radius 3 is 2.82 bits per heavy atom. The first kappa shape index (κ1) is 11.8. The van der Waals surface area contributed by atoms with E-state index in [1.807, 2.05) is 22.6 Å². The molecule has 0 saturated heterocycles. The lowest BCUT2D eigenvalue weighted by Crippen LogP contribution is -2.36. The Labute approximate surface area is 111 Å². The third-order valence-electron chi connectivity index (χ3n) is 2.08. The molecular formula is C12H9INO3+. The molecule has 1 N–H and O–H groups in total. The Morgan fingerprint density at radius 1 is 1.35 bits per heavy atom. The van der Waals surface area contributed by atoms with E-state index in [1.54, 1.807) is 36.4 Å². The molecule has 2 aromatic heterocycles. The van der Waals surface area contributed by atoms with Crippen molar-refractivity contribution in [2.75, 3.05) is 0 Å². The van der Waals surface area contributed by atoms with Crippen LogP contribution in [0.15, 0.2) is 47.0 Å². The molecule has 0 atom stereocenters. The van der Waals surface area contributed by atoms with Gasteiger partial charge in [-0.05, 0) is 52.9 Å². The maximum atomic E-state index is 11.7. The number of hydrogen-bond acceptors (Lipinski definition) is 3. The summed E-state index contributed by atoms with van der Waals surface area (Å²) in [7, 11) is 0. The molecule has 0 spiro atoms. The molecule has 4 nitrogen and oxygen atoms in total. The van der Waals surface area contributed by atoms with Crippen LogP contribution in [-0.2, 0) is 0 Å². The van der Waals surface area contributed by atoms with Crippen molar-refractivity contribution in [3.63, 3.8) is 0 Å². The van der Waals surface area contributed by atoms with Crippen LogP contribution in [0.25, 0.3) is 6.08 Å². The molecule has 0 saturated carbocycles. The first-order valence-corrected chi connectivity index (χ1v) is 5.92. The SMILES string of the molecule is O=C(C=Cc1ccc(I)o1)c1cccc[n+]1O. The lowest BCUT2D eigenvalue weighted by Gasteiger charge is -1.90. The van der Waals surface area contributed by atoms with Crippen LogP contribution in [0.5, 0.6) is 0 Å². The quantitative estimate of drug-likeness (QED) is 0.306. The van der Waals surface area contributed by atoms with Gasteiger partial charge in [0.05, 0.1) is 0 Å². The number of nitrogens with zero attached hydrogens (tertiary/aromatic N) is 1. The van der Waals surface area contributed by atoms with Crippen molar-refractivity contribution in [3.8, 4) is 0 Å². The van der Waals surface area contributed by atoms with Crippen molar-refractivity contribution in [3.05, 3.63) is 57.8 Å². The predicted molar refractivity (Wildman–Crippen MR) is 68.6 cm³/mol. The molecule has 2 rings (SSSR count). The van der Waals surface area contributed by atoms with Gasteiger partial charge in [-0.25, -0.2) is 0 Å². The van der Waals surface area contributed by atoms with Gasteiger partial charge in [0.15, 0.2) is 3.77 Å². The summed E-state index contributed by atoms with van der Waals surface area (Å²) in [6, 6.07) is 8.43. The first-order chi connectivity index (χ1) is 8.16. The van der Waals surface area contributed by atoms with Gasteiger partial charge in [-0.15, -0.1) is 0 Å². The summed E-state index contributed by atoms with van der Waals surface area (Å²) >= 11 is 2.04. The van der Waals surface area contributed by atoms with E-state index < -0.39 is 0 Å². The lowest BCUT2D eigenvalue weighted by molar-refractivity contribution is -0.905. The van der Waals surface area contributed by atoms with Crippen LogP contribution in [0, 0.1) is 3.77 Å². The van der Waals surface area contributed by atoms with Crippen molar-refractivity contribution in [1.82, 2.24) is 0 Å². The summed E-state index contributed by atoms with van der Waals surface area (Å²) < 4.78 is 6.82. The van der Waals surface area contributed by atoms with Crippen molar-refractivity contribution in [2.45, 2.75) is 0 Å². The smallest absolute Gasteiger partial charge is 0.304 e. The largest absolute Gasteiger partial charge is 0.451 e. The lowest BCUT2D eigenvalue weighted by atomic mass is 10.2. The molecule has 86 valence electrons. The molecule has 5 heteroatoms. The minimum Gasteiger partial charge on any atom is -0.451 e. The maximum Gasteiger partial charge on any atom is 0.304 e. The van der Waals surface area contributed by atoms with Gasteiger partial charge >= 0.3 is 5.69 Å².